The van der Waals surface area contributed by atoms with E-state index in [1.54, 1.807) is 0 Å². The van der Waals surface area contributed by atoms with Crippen LogP contribution in [-0.2, 0) is 4.79 Å². The average Bonchev–Trinajstić information content (AvgIpc) is 3.12. The van der Waals surface area contributed by atoms with Crippen molar-refractivity contribution in [2.45, 2.75) is 231 Å². The molecule has 0 aromatic heterocycles. The summed E-state index contributed by atoms with van der Waals surface area (Å²) in [5.41, 5.74) is 0. The average molecular weight is 706 g/mol. The fourth-order valence-corrected chi connectivity index (χ4v) is 6.35. The Labute approximate surface area is 309 Å². The van der Waals surface area contributed by atoms with E-state index < -0.39 is 36.9 Å². The number of unbranched alkanes of at least 4 members (excludes halogenated alkanes) is 23. The molecule has 0 saturated carbocycles. The van der Waals surface area contributed by atoms with Gasteiger partial charge in [0, 0.05) is 0 Å². The maximum Gasteiger partial charge on any atom is 0.249 e. The molecular weight excluding hydrogens is 622 g/mol. The third kappa shape index (κ3) is 32.4. The SMILES string of the molecule is CCCCCCCC/C=C/CC/C=C/CCCC(O)C(O)C(CO)NC(=O)C(O)CCCCCCCC/C=C\CCCCCCCCCCC. The van der Waals surface area contributed by atoms with E-state index in [0.717, 1.165) is 51.4 Å². The number of carbonyl (C=O) groups excluding carboxylic acids is 1. The van der Waals surface area contributed by atoms with Gasteiger partial charge >= 0.3 is 0 Å². The fraction of sp³-hybridized carbons (Fsp3) is 0.841. The van der Waals surface area contributed by atoms with Gasteiger partial charge in [0.2, 0.25) is 5.91 Å². The lowest BCUT2D eigenvalue weighted by Gasteiger charge is -2.27. The molecule has 0 aliphatic heterocycles. The van der Waals surface area contributed by atoms with E-state index in [1.165, 1.54) is 122 Å². The van der Waals surface area contributed by atoms with Gasteiger partial charge in [-0.3, -0.25) is 4.79 Å². The normalized spacial score (nSPS) is 14.6. The van der Waals surface area contributed by atoms with Gasteiger partial charge in [-0.1, -0.05) is 166 Å². The quantitative estimate of drug-likeness (QED) is 0.0324. The third-order valence-corrected chi connectivity index (χ3v) is 9.80. The van der Waals surface area contributed by atoms with Gasteiger partial charge < -0.3 is 25.7 Å². The van der Waals surface area contributed by atoms with Gasteiger partial charge in [0.25, 0.3) is 0 Å². The van der Waals surface area contributed by atoms with Crippen molar-refractivity contribution in [3.05, 3.63) is 36.5 Å². The minimum absolute atomic E-state index is 0.353. The summed E-state index contributed by atoms with van der Waals surface area (Å²) in [7, 11) is 0. The Bertz CT molecular complexity index is 797. The van der Waals surface area contributed by atoms with Crippen LogP contribution in [0.3, 0.4) is 0 Å². The van der Waals surface area contributed by atoms with Crippen LogP contribution >= 0.6 is 0 Å². The Morgan fingerprint density at radius 3 is 1.26 bits per heavy atom. The number of aliphatic hydroxyl groups excluding tert-OH is 4. The van der Waals surface area contributed by atoms with Gasteiger partial charge in [0.05, 0.1) is 18.8 Å². The number of hydrogen-bond donors (Lipinski definition) is 5. The molecule has 0 spiro atoms. The molecule has 294 valence electrons. The Kier molecular flexibility index (Phi) is 37.6. The molecule has 0 saturated heterocycles. The Hall–Kier alpha value is -1.47. The molecule has 0 rings (SSSR count). The minimum Gasteiger partial charge on any atom is -0.394 e. The maximum absolute atomic E-state index is 12.5. The largest absolute Gasteiger partial charge is 0.394 e. The Morgan fingerprint density at radius 2 is 0.840 bits per heavy atom. The standard InChI is InChI=1S/C44H83NO5/c1-3-5-7-9-11-13-15-17-19-20-21-22-24-26-28-30-32-34-36-38-42(48)44(50)45-40(39-46)43(49)41(47)37-35-33-31-29-27-25-23-18-16-14-12-10-8-6-4-2/h18,21-23,29,31,40-43,46-49H,3-17,19-20,24-28,30,32-39H2,1-2H3,(H,45,50)/b22-21-,23-18+,31-29+. The molecule has 6 heteroatoms. The van der Waals surface area contributed by atoms with E-state index in [1.807, 2.05) is 0 Å². The molecule has 0 aliphatic carbocycles. The lowest BCUT2D eigenvalue weighted by molar-refractivity contribution is -0.132. The second kappa shape index (κ2) is 38.8. The first-order valence-corrected chi connectivity index (χ1v) is 21.4. The van der Waals surface area contributed by atoms with Crippen molar-refractivity contribution in [1.29, 1.82) is 0 Å². The zero-order valence-electron chi connectivity index (χ0n) is 32.9. The zero-order chi connectivity index (χ0) is 36.8. The van der Waals surface area contributed by atoms with Crippen molar-refractivity contribution < 1.29 is 25.2 Å². The van der Waals surface area contributed by atoms with E-state index in [4.69, 9.17) is 0 Å². The molecule has 50 heavy (non-hydrogen) atoms. The lowest BCUT2D eigenvalue weighted by atomic mass is 10.00. The van der Waals surface area contributed by atoms with E-state index >= 15 is 0 Å². The summed E-state index contributed by atoms with van der Waals surface area (Å²) < 4.78 is 0. The summed E-state index contributed by atoms with van der Waals surface area (Å²) in [4.78, 5) is 12.5. The number of allylic oxidation sites excluding steroid dienone is 6. The van der Waals surface area contributed by atoms with Crippen molar-refractivity contribution >= 4 is 5.91 Å². The third-order valence-electron chi connectivity index (χ3n) is 9.80. The van der Waals surface area contributed by atoms with Crippen LogP contribution in [0.2, 0.25) is 0 Å². The van der Waals surface area contributed by atoms with E-state index in [-0.39, 0.29) is 0 Å². The number of hydrogen-bond acceptors (Lipinski definition) is 5. The van der Waals surface area contributed by atoms with Gasteiger partial charge in [-0.25, -0.2) is 0 Å². The molecule has 0 heterocycles. The minimum atomic E-state index is -1.29. The molecule has 0 radical (unpaired) electrons. The van der Waals surface area contributed by atoms with Crippen molar-refractivity contribution in [1.82, 2.24) is 5.32 Å². The zero-order valence-corrected chi connectivity index (χ0v) is 32.9. The number of nitrogens with one attached hydrogen (secondary N) is 1. The molecule has 4 atom stereocenters. The van der Waals surface area contributed by atoms with Crippen molar-refractivity contribution in [2.24, 2.45) is 0 Å². The highest BCUT2D eigenvalue weighted by molar-refractivity contribution is 5.80. The summed E-state index contributed by atoms with van der Waals surface area (Å²) in [6.45, 7) is 4.02. The predicted molar refractivity (Wildman–Crippen MR) is 214 cm³/mol. The van der Waals surface area contributed by atoms with Gasteiger partial charge in [0.1, 0.15) is 12.2 Å². The number of amides is 1. The molecular formula is C44H83NO5. The number of carbonyl (C=O) groups is 1. The summed E-state index contributed by atoms with van der Waals surface area (Å²) in [6, 6.07) is -1.01. The smallest absolute Gasteiger partial charge is 0.249 e. The first-order valence-electron chi connectivity index (χ1n) is 21.4. The van der Waals surface area contributed by atoms with Crippen LogP contribution in [0, 0.1) is 0 Å². The molecule has 0 fully saturated rings. The topological polar surface area (TPSA) is 110 Å². The van der Waals surface area contributed by atoms with Gasteiger partial charge in [-0.15, -0.1) is 0 Å². The highest BCUT2D eigenvalue weighted by atomic mass is 16.3. The highest BCUT2D eigenvalue weighted by Gasteiger charge is 2.28. The predicted octanol–water partition coefficient (Wildman–Crippen LogP) is 11.0. The van der Waals surface area contributed by atoms with Crippen LogP contribution in [0.1, 0.15) is 206 Å². The monoisotopic (exact) mass is 706 g/mol. The first kappa shape index (κ1) is 48.5. The molecule has 5 N–H and O–H groups in total. The summed E-state index contributed by atoms with van der Waals surface area (Å²) in [5.74, 6) is -0.603. The second-order valence-electron chi connectivity index (χ2n) is 14.7. The van der Waals surface area contributed by atoms with Crippen LogP contribution in [0.15, 0.2) is 36.5 Å². The molecule has 6 nitrogen and oxygen atoms in total. The molecule has 0 aromatic rings. The molecule has 1 amide bonds. The van der Waals surface area contributed by atoms with Gasteiger partial charge in [-0.2, -0.15) is 0 Å². The number of aliphatic hydroxyl groups is 4. The Balaban J connectivity index is 3.82. The Morgan fingerprint density at radius 1 is 0.480 bits per heavy atom. The van der Waals surface area contributed by atoms with Crippen LogP contribution in [0.4, 0.5) is 0 Å². The van der Waals surface area contributed by atoms with Crippen LogP contribution in [0.25, 0.3) is 0 Å². The van der Waals surface area contributed by atoms with E-state index in [2.05, 4.69) is 55.6 Å². The number of rotatable bonds is 38. The molecule has 4 unspecified atom stereocenters. The summed E-state index contributed by atoms with van der Waals surface area (Å²) >= 11 is 0. The van der Waals surface area contributed by atoms with Crippen molar-refractivity contribution in [3.8, 4) is 0 Å². The maximum atomic E-state index is 12.5. The molecule has 0 aromatic carbocycles. The highest BCUT2D eigenvalue weighted by Crippen LogP contribution is 2.14. The second-order valence-corrected chi connectivity index (χ2v) is 14.7. The fourth-order valence-electron chi connectivity index (χ4n) is 6.35. The lowest BCUT2D eigenvalue weighted by Crippen LogP contribution is -2.53. The summed E-state index contributed by atoms with van der Waals surface area (Å²) in [5, 5.41) is 43.6. The van der Waals surface area contributed by atoms with Crippen molar-refractivity contribution in [3.63, 3.8) is 0 Å². The van der Waals surface area contributed by atoms with Crippen LogP contribution in [0.5, 0.6) is 0 Å². The van der Waals surface area contributed by atoms with Gasteiger partial charge in [-0.05, 0) is 77.0 Å². The first-order chi connectivity index (χ1) is 24.5. The van der Waals surface area contributed by atoms with Gasteiger partial charge in [0.15, 0.2) is 0 Å². The van der Waals surface area contributed by atoms with Crippen LogP contribution < -0.4 is 5.32 Å². The van der Waals surface area contributed by atoms with E-state index in [0.29, 0.717) is 19.3 Å². The molecule has 0 bridgehead atoms. The van der Waals surface area contributed by atoms with E-state index in [9.17, 15) is 25.2 Å². The van der Waals surface area contributed by atoms with Crippen molar-refractivity contribution in [2.75, 3.05) is 6.61 Å². The van der Waals surface area contributed by atoms with Crippen LogP contribution in [-0.4, -0.2) is 57.3 Å². The molecule has 0 aliphatic rings. The summed E-state index contributed by atoms with van der Waals surface area (Å²) in [6.07, 6.45) is 44.5.